The van der Waals surface area contributed by atoms with Crippen molar-refractivity contribution in [3.8, 4) is 11.5 Å². The summed E-state index contributed by atoms with van der Waals surface area (Å²) in [4.78, 5) is 16.2. The second-order valence-electron chi connectivity index (χ2n) is 6.11. The van der Waals surface area contributed by atoms with Crippen LogP contribution in [0.4, 0.5) is 15.1 Å². The predicted molar refractivity (Wildman–Crippen MR) is 113 cm³/mol. The number of H-pyrrole nitrogens is 1. The van der Waals surface area contributed by atoms with Gasteiger partial charge in [0.25, 0.3) is 5.56 Å². The molecule has 0 spiro atoms. The molecule has 1 aromatic heterocycles. The van der Waals surface area contributed by atoms with E-state index in [0.717, 1.165) is 11.5 Å². The Morgan fingerprint density at radius 3 is 2.76 bits per heavy atom. The van der Waals surface area contributed by atoms with Crippen molar-refractivity contribution >= 4 is 39.7 Å². The molecule has 0 saturated heterocycles. The molecule has 7 nitrogen and oxygen atoms in total. The summed E-state index contributed by atoms with van der Waals surface area (Å²) < 4.78 is 21.3. The number of nitrogens with two attached hydrogens (primary N) is 1. The Morgan fingerprint density at radius 2 is 2.10 bits per heavy atom. The van der Waals surface area contributed by atoms with Crippen LogP contribution in [-0.2, 0) is 0 Å². The van der Waals surface area contributed by atoms with E-state index >= 15 is 0 Å². The van der Waals surface area contributed by atoms with Crippen molar-refractivity contribution in [3.63, 3.8) is 0 Å². The zero-order valence-corrected chi connectivity index (χ0v) is 16.9. The molecule has 0 radical (unpaired) electrons. The van der Waals surface area contributed by atoms with Crippen LogP contribution in [-0.4, -0.2) is 28.0 Å². The highest BCUT2D eigenvalue weighted by Gasteiger charge is 2.16. The maximum Gasteiger partial charge on any atom is 0.271 e. The number of aliphatic hydroxyl groups excluding tert-OH is 1. The predicted octanol–water partition coefficient (Wildman–Crippen LogP) is 3.85. The molecular weight excluding hydrogens is 419 g/mol. The van der Waals surface area contributed by atoms with Gasteiger partial charge in [0.2, 0.25) is 0 Å². The molecule has 5 N–H and O–H groups in total. The minimum Gasteiger partial charge on any atom is -0.456 e. The van der Waals surface area contributed by atoms with Crippen molar-refractivity contribution in [2.45, 2.75) is 13.0 Å². The molecule has 0 aliphatic heterocycles. The summed E-state index contributed by atoms with van der Waals surface area (Å²) in [5, 5.41) is 13.0. The number of nitrogens with zero attached hydrogens (tertiary/aromatic N) is 1. The van der Waals surface area contributed by atoms with Gasteiger partial charge in [-0.25, -0.2) is 4.39 Å². The smallest absolute Gasteiger partial charge is 0.271 e. The van der Waals surface area contributed by atoms with Crippen LogP contribution < -0.4 is 21.3 Å². The molecule has 1 atom stereocenters. The van der Waals surface area contributed by atoms with Crippen molar-refractivity contribution in [2.24, 2.45) is 10.7 Å². The molecule has 0 aliphatic rings. The van der Waals surface area contributed by atoms with E-state index in [0.29, 0.717) is 27.2 Å². The number of anilines is 2. The minimum absolute atomic E-state index is 0.0268. The number of halogens is 2. The summed E-state index contributed by atoms with van der Waals surface area (Å²) in [5.41, 5.74) is 6.34. The quantitative estimate of drug-likeness (QED) is 0.332. The van der Waals surface area contributed by atoms with Gasteiger partial charge >= 0.3 is 0 Å². The van der Waals surface area contributed by atoms with Crippen LogP contribution in [0.15, 0.2) is 52.3 Å². The van der Waals surface area contributed by atoms with E-state index in [1.165, 1.54) is 24.3 Å². The number of aliphatic imine (C=N–C) groups is 1. The highest BCUT2D eigenvalue weighted by Crippen LogP contribution is 2.33. The fraction of sp³-hybridized carbons (Fsp3) is 0.158. The highest BCUT2D eigenvalue weighted by molar-refractivity contribution is 7.10. The number of rotatable bonds is 7. The summed E-state index contributed by atoms with van der Waals surface area (Å²) in [6, 6.07) is 10.1. The molecule has 152 valence electrons. The molecule has 0 bridgehead atoms. The number of ether oxygens (including phenoxy) is 1. The van der Waals surface area contributed by atoms with Crippen LogP contribution in [0.5, 0.6) is 11.5 Å². The lowest BCUT2D eigenvalue weighted by molar-refractivity contribution is 0.274. The summed E-state index contributed by atoms with van der Waals surface area (Å²) in [5.74, 6) is 0.505. The minimum atomic E-state index is -0.431. The van der Waals surface area contributed by atoms with E-state index in [1.54, 1.807) is 25.1 Å². The van der Waals surface area contributed by atoms with Gasteiger partial charge in [0.15, 0.2) is 0 Å². The first kappa shape index (κ1) is 20.8. The third-order valence-electron chi connectivity index (χ3n) is 3.81. The van der Waals surface area contributed by atoms with Crippen LogP contribution in [0.2, 0.25) is 5.02 Å². The number of aromatic amines is 1. The topological polar surface area (TPSA) is 113 Å². The Hall–Kier alpha value is -2.88. The molecule has 10 heteroatoms. The van der Waals surface area contributed by atoms with E-state index in [1.807, 2.05) is 0 Å². The zero-order chi connectivity index (χ0) is 21.0. The van der Waals surface area contributed by atoms with Gasteiger partial charge in [-0.15, -0.1) is 0 Å². The number of hydrogen-bond donors (Lipinski definition) is 4. The molecule has 3 aromatic rings. The van der Waals surface area contributed by atoms with E-state index < -0.39 is 6.04 Å². The Bertz CT molecular complexity index is 1080. The second kappa shape index (κ2) is 9.08. The lowest BCUT2D eigenvalue weighted by atomic mass is 10.2. The fourth-order valence-electron chi connectivity index (χ4n) is 2.39. The first-order chi connectivity index (χ1) is 13.9. The van der Waals surface area contributed by atoms with E-state index in [2.05, 4.69) is 14.7 Å². The monoisotopic (exact) mass is 436 g/mol. The fourth-order valence-corrected chi connectivity index (χ4v) is 3.37. The second-order valence-corrected chi connectivity index (χ2v) is 7.33. The molecule has 29 heavy (non-hydrogen) atoms. The molecule has 0 saturated carbocycles. The summed E-state index contributed by atoms with van der Waals surface area (Å²) in [6.07, 6.45) is 0. The van der Waals surface area contributed by atoms with Crippen LogP contribution >= 0.6 is 23.1 Å². The number of amidine groups is 1. The molecular formula is C19H18ClFN4O3S. The van der Waals surface area contributed by atoms with Gasteiger partial charge in [-0.2, -0.15) is 0 Å². The average molecular weight is 437 g/mol. The van der Waals surface area contributed by atoms with E-state index in [9.17, 15) is 9.18 Å². The van der Waals surface area contributed by atoms with Crippen LogP contribution in [0, 0.1) is 5.82 Å². The number of aromatic nitrogens is 1. The molecule has 1 heterocycles. The van der Waals surface area contributed by atoms with Gasteiger partial charge in [-0.05, 0) is 60.9 Å². The van der Waals surface area contributed by atoms with Crippen molar-refractivity contribution in [1.29, 1.82) is 0 Å². The van der Waals surface area contributed by atoms with Crippen LogP contribution in [0.25, 0.3) is 0 Å². The van der Waals surface area contributed by atoms with Crippen LogP contribution in [0.1, 0.15) is 12.5 Å². The summed E-state index contributed by atoms with van der Waals surface area (Å²) in [7, 11) is 0. The van der Waals surface area contributed by atoms with Crippen molar-refractivity contribution < 1.29 is 14.2 Å². The van der Waals surface area contributed by atoms with Gasteiger partial charge in [0.1, 0.15) is 33.7 Å². The van der Waals surface area contributed by atoms with Gasteiger partial charge in [-0.1, -0.05) is 11.6 Å². The van der Waals surface area contributed by atoms with Gasteiger partial charge < -0.3 is 20.9 Å². The van der Waals surface area contributed by atoms with E-state index in [-0.39, 0.29) is 29.4 Å². The standard InChI is InChI=1S/C19H18ClFN4O3S/c1-10(9-26)23-17(22)16-18(27)25-29-19(16)24-12-4-7-15(14(20)8-12)28-13-5-2-11(21)3-6-13/h2-8,10,24,26H,9H2,1H3,(H2,22,23)(H,25,27). The van der Waals surface area contributed by atoms with Gasteiger partial charge in [-0.3, -0.25) is 14.2 Å². The number of aliphatic hydroxyl groups is 1. The Morgan fingerprint density at radius 1 is 1.38 bits per heavy atom. The zero-order valence-electron chi connectivity index (χ0n) is 15.3. The highest BCUT2D eigenvalue weighted by atomic mass is 35.5. The summed E-state index contributed by atoms with van der Waals surface area (Å²) >= 11 is 7.36. The van der Waals surface area contributed by atoms with Gasteiger partial charge in [0, 0.05) is 5.69 Å². The molecule has 0 fully saturated rings. The van der Waals surface area contributed by atoms with Crippen molar-refractivity contribution in [2.75, 3.05) is 11.9 Å². The third-order valence-corrected chi connectivity index (χ3v) is 4.90. The first-order valence-electron chi connectivity index (χ1n) is 8.53. The molecule has 3 rings (SSSR count). The van der Waals surface area contributed by atoms with Crippen LogP contribution in [0.3, 0.4) is 0 Å². The van der Waals surface area contributed by atoms with Gasteiger partial charge in [0.05, 0.1) is 17.7 Å². The lowest BCUT2D eigenvalue weighted by Crippen LogP contribution is -2.24. The Balaban J connectivity index is 1.81. The summed E-state index contributed by atoms with van der Waals surface area (Å²) in [6.45, 7) is 1.50. The molecule has 2 aromatic carbocycles. The molecule has 0 amide bonds. The largest absolute Gasteiger partial charge is 0.456 e. The number of benzene rings is 2. The maximum atomic E-state index is 13.0. The molecule has 0 aliphatic carbocycles. The van der Waals surface area contributed by atoms with Crippen molar-refractivity contribution in [3.05, 3.63) is 69.2 Å². The molecule has 1 unspecified atom stereocenters. The Kier molecular flexibility index (Phi) is 6.53. The lowest BCUT2D eigenvalue weighted by Gasteiger charge is -2.11. The maximum absolute atomic E-state index is 13.0. The SMILES string of the molecule is CC(CO)N=C(N)c1c(Nc2ccc(Oc3ccc(F)cc3)c(Cl)c2)s[nH]c1=O. The number of hydrogen-bond acceptors (Lipinski definition) is 6. The van der Waals surface area contributed by atoms with Crippen molar-refractivity contribution in [1.82, 2.24) is 4.37 Å². The Labute approximate surface area is 174 Å². The average Bonchev–Trinajstić information content (AvgIpc) is 3.05. The van der Waals surface area contributed by atoms with E-state index in [4.69, 9.17) is 27.2 Å². The third kappa shape index (κ3) is 5.14. The normalized spacial score (nSPS) is 12.6. The first-order valence-corrected chi connectivity index (χ1v) is 9.72. The number of nitrogens with one attached hydrogen (secondary N) is 2.